The topological polar surface area (TPSA) is 68.5 Å². The Kier molecular flexibility index (Phi) is 5.91. The van der Waals surface area contributed by atoms with Crippen LogP contribution in [0.3, 0.4) is 0 Å². The maximum atomic E-state index is 12.2. The molecule has 1 aromatic heterocycles. The Morgan fingerprint density at radius 3 is 2.50 bits per heavy atom. The summed E-state index contributed by atoms with van der Waals surface area (Å²) in [4.78, 5) is 24.2. The molecule has 0 saturated heterocycles. The molecule has 24 heavy (non-hydrogen) atoms. The van der Waals surface area contributed by atoms with Crippen molar-refractivity contribution >= 4 is 35.1 Å². The average Bonchev–Trinajstić information content (AvgIpc) is 2.93. The van der Waals surface area contributed by atoms with Gasteiger partial charge in [-0.3, -0.25) is 4.79 Å². The van der Waals surface area contributed by atoms with E-state index in [2.05, 4.69) is 5.32 Å². The highest BCUT2D eigenvalue weighted by Gasteiger charge is 2.23. The highest BCUT2D eigenvalue weighted by atomic mass is 35.5. The Balaban J connectivity index is 1.98. The fourth-order valence-electron chi connectivity index (χ4n) is 2.14. The Morgan fingerprint density at radius 2 is 1.92 bits per heavy atom. The zero-order valence-electron chi connectivity index (χ0n) is 13.4. The van der Waals surface area contributed by atoms with E-state index in [9.17, 15) is 9.59 Å². The number of amides is 1. The summed E-state index contributed by atoms with van der Waals surface area (Å²) in [6.07, 6.45) is 0.432. The maximum Gasteiger partial charge on any atom is 0.342 e. The second-order valence-electron chi connectivity index (χ2n) is 5.33. The van der Waals surface area contributed by atoms with Crippen LogP contribution in [0.5, 0.6) is 0 Å². The Morgan fingerprint density at radius 1 is 1.21 bits per heavy atom. The van der Waals surface area contributed by atoms with Crippen LogP contribution in [0.25, 0.3) is 0 Å². The van der Waals surface area contributed by atoms with Gasteiger partial charge in [-0.2, -0.15) is 0 Å². The number of hydrogen-bond acceptors (Lipinski definition) is 4. The lowest BCUT2D eigenvalue weighted by Gasteiger charge is -2.19. The highest BCUT2D eigenvalue weighted by molar-refractivity contribution is 6.35. The predicted molar refractivity (Wildman–Crippen MR) is 91.3 cm³/mol. The van der Waals surface area contributed by atoms with Crippen molar-refractivity contribution in [1.29, 1.82) is 0 Å². The third-order valence-corrected chi connectivity index (χ3v) is 4.08. The second-order valence-corrected chi connectivity index (χ2v) is 6.18. The molecule has 0 fully saturated rings. The molecular formula is C17H17Cl2NO4. The normalized spacial score (nSPS) is 13.2. The molecule has 5 nitrogen and oxygen atoms in total. The molecule has 1 heterocycles. The van der Waals surface area contributed by atoms with Crippen molar-refractivity contribution in [2.75, 3.05) is 0 Å². The zero-order chi connectivity index (χ0) is 17.9. The van der Waals surface area contributed by atoms with Gasteiger partial charge in [0.05, 0.1) is 12.3 Å². The van der Waals surface area contributed by atoms with Crippen LogP contribution in [0.4, 0.5) is 0 Å². The first kappa shape index (κ1) is 18.4. The predicted octanol–water partition coefficient (Wildman–Crippen LogP) is 4.32. The van der Waals surface area contributed by atoms with Crippen LogP contribution in [0.2, 0.25) is 10.0 Å². The van der Waals surface area contributed by atoms with Crippen molar-refractivity contribution < 1.29 is 18.7 Å². The first-order valence-electron chi connectivity index (χ1n) is 7.30. The molecule has 128 valence electrons. The first-order valence-corrected chi connectivity index (χ1v) is 8.05. The molecule has 0 bridgehead atoms. The lowest BCUT2D eigenvalue weighted by molar-refractivity contribution is -0.129. The lowest BCUT2D eigenvalue weighted by atomic mass is 10.1. The Bertz CT molecular complexity index is 757. The van der Waals surface area contributed by atoms with E-state index in [0.29, 0.717) is 21.4 Å². The summed E-state index contributed by atoms with van der Waals surface area (Å²) in [5.74, 6) is -0.599. The smallest absolute Gasteiger partial charge is 0.342 e. The lowest BCUT2D eigenvalue weighted by Crippen LogP contribution is -2.37. The van der Waals surface area contributed by atoms with E-state index in [4.69, 9.17) is 32.4 Å². The number of benzene rings is 1. The summed E-state index contributed by atoms with van der Waals surface area (Å²) in [6.45, 7) is 4.92. The molecule has 0 aliphatic heterocycles. The average molecular weight is 370 g/mol. The van der Waals surface area contributed by atoms with Crippen molar-refractivity contribution in [3.05, 3.63) is 57.5 Å². The Labute approximate surface area is 149 Å². The van der Waals surface area contributed by atoms with Crippen molar-refractivity contribution in [1.82, 2.24) is 5.32 Å². The van der Waals surface area contributed by atoms with Gasteiger partial charge in [0.15, 0.2) is 6.10 Å². The van der Waals surface area contributed by atoms with Gasteiger partial charge in [-0.1, -0.05) is 29.3 Å². The van der Waals surface area contributed by atoms with Crippen LogP contribution in [-0.4, -0.2) is 18.0 Å². The molecule has 2 aromatic rings. The van der Waals surface area contributed by atoms with E-state index in [1.54, 1.807) is 32.0 Å². The molecule has 2 rings (SSSR count). The summed E-state index contributed by atoms with van der Waals surface area (Å²) in [5, 5.41) is 3.72. The summed E-state index contributed by atoms with van der Waals surface area (Å²) >= 11 is 12.0. The minimum atomic E-state index is -0.958. The van der Waals surface area contributed by atoms with E-state index >= 15 is 0 Å². The van der Waals surface area contributed by atoms with Gasteiger partial charge in [0, 0.05) is 10.0 Å². The number of carbonyl (C=O) groups is 2. The quantitative estimate of drug-likeness (QED) is 0.796. The second kappa shape index (κ2) is 7.73. The molecule has 2 atom stereocenters. The summed E-state index contributed by atoms with van der Waals surface area (Å²) in [5.41, 5.74) is 1.02. The number of nitrogens with one attached hydrogen (secondary N) is 1. The van der Waals surface area contributed by atoms with Gasteiger partial charge >= 0.3 is 5.97 Å². The van der Waals surface area contributed by atoms with Gasteiger partial charge < -0.3 is 14.5 Å². The zero-order valence-corrected chi connectivity index (χ0v) is 14.9. The molecule has 0 spiro atoms. The van der Waals surface area contributed by atoms with Crippen molar-refractivity contribution in [2.45, 2.75) is 32.9 Å². The van der Waals surface area contributed by atoms with E-state index in [-0.39, 0.29) is 6.04 Å². The molecular weight excluding hydrogens is 353 g/mol. The van der Waals surface area contributed by atoms with Gasteiger partial charge in [-0.05, 0) is 44.5 Å². The minimum Gasteiger partial charge on any atom is -0.469 e. The minimum absolute atomic E-state index is 0.295. The fraction of sp³-hybridized carbons (Fsp3) is 0.294. The number of furan rings is 1. The van der Waals surface area contributed by atoms with E-state index in [0.717, 1.165) is 5.56 Å². The number of carbonyl (C=O) groups excluding carboxylic acids is 2. The van der Waals surface area contributed by atoms with Crippen LogP contribution in [0, 0.1) is 6.92 Å². The maximum absolute atomic E-state index is 12.2. The van der Waals surface area contributed by atoms with E-state index < -0.39 is 18.0 Å². The Hall–Kier alpha value is -1.98. The number of esters is 1. The standard InChI is InChI=1S/C17H17Cl2NO4/c1-9(13-5-4-12(18)8-15(13)19)20-16(21)11(3)24-17(22)14-6-7-23-10(14)2/h4-9,11H,1-3H3,(H,20,21)/t9-,11-/m1/s1. The van der Waals surface area contributed by atoms with Crippen molar-refractivity contribution in [3.63, 3.8) is 0 Å². The molecule has 0 aliphatic rings. The van der Waals surface area contributed by atoms with E-state index in [1.807, 2.05) is 0 Å². The summed E-state index contributed by atoms with van der Waals surface area (Å²) in [7, 11) is 0. The molecule has 7 heteroatoms. The number of aryl methyl sites for hydroxylation is 1. The van der Waals surface area contributed by atoms with Crippen LogP contribution in [0.1, 0.15) is 41.6 Å². The van der Waals surface area contributed by atoms with Gasteiger partial charge in [0.1, 0.15) is 11.3 Å². The third kappa shape index (κ3) is 4.30. The molecule has 1 N–H and O–H groups in total. The van der Waals surface area contributed by atoms with E-state index in [1.165, 1.54) is 19.3 Å². The first-order chi connectivity index (χ1) is 11.3. The molecule has 0 saturated carbocycles. The third-order valence-electron chi connectivity index (χ3n) is 3.52. The van der Waals surface area contributed by atoms with Gasteiger partial charge in [0.25, 0.3) is 5.91 Å². The number of hydrogen-bond donors (Lipinski definition) is 1. The number of ether oxygens (including phenoxy) is 1. The fourth-order valence-corrected chi connectivity index (χ4v) is 2.71. The summed E-state index contributed by atoms with van der Waals surface area (Å²) in [6, 6.07) is 6.17. The SMILES string of the molecule is Cc1occc1C(=O)O[C@H](C)C(=O)N[C@H](C)c1ccc(Cl)cc1Cl. The number of rotatable bonds is 5. The molecule has 1 amide bonds. The molecule has 1 aromatic carbocycles. The van der Waals surface area contributed by atoms with Crippen LogP contribution < -0.4 is 5.32 Å². The van der Waals surface area contributed by atoms with Gasteiger partial charge in [-0.25, -0.2) is 4.79 Å². The monoisotopic (exact) mass is 369 g/mol. The summed E-state index contributed by atoms with van der Waals surface area (Å²) < 4.78 is 10.2. The molecule has 0 unspecified atom stereocenters. The van der Waals surface area contributed by atoms with Crippen LogP contribution in [0.15, 0.2) is 34.9 Å². The highest BCUT2D eigenvalue weighted by Crippen LogP contribution is 2.26. The molecule has 0 radical (unpaired) electrons. The van der Waals surface area contributed by atoms with Crippen LogP contribution >= 0.6 is 23.2 Å². The van der Waals surface area contributed by atoms with Gasteiger partial charge in [-0.15, -0.1) is 0 Å². The van der Waals surface area contributed by atoms with Crippen molar-refractivity contribution in [2.24, 2.45) is 0 Å². The molecule has 0 aliphatic carbocycles. The largest absolute Gasteiger partial charge is 0.469 e. The van der Waals surface area contributed by atoms with Crippen molar-refractivity contribution in [3.8, 4) is 0 Å². The van der Waals surface area contributed by atoms with Gasteiger partial charge in [0.2, 0.25) is 0 Å². The van der Waals surface area contributed by atoms with Crippen LogP contribution in [-0.2, 0) is 9.53 Å². The number of halogens is 2.